The maximum absolute atomic E-state index is 12.3. The van der Waals surface area contributed by atoms with Gasteiger partial charge in [0.2, 0.25) is 5.91 Å². The number of fused-ring (bicyclic) bond motifs is 4. The number of carbonyl (C=O) groups is 1. The van der Waals surface area contributed by atoms with E-state index in [9.17, 15) is 4.79 Å². The second kappa shape index (κ2) is 11.9. The second-order valence-corrected chi connectivity index (χ2v) is 10.8. The molecule has 0 aromatic heterocycles. The molecule has 0 fully saturated rings. The largest absolute Gasteiger partial charge is 0.356 e. The van der Waals surface area contributed by atoms with Gasteiger partial charge in [0.1, 0.15) is 0 Å². The van der Waals surface area contributed by atoms with E-state index in [0.29, 0.717) is 18.9 Å². The predicted molar refractivity (Wildman–Crippen MR) is 163 cm³/mol. The first-order chi connectivity index (χ1) is 18.6. The average molecular weight is 505 g/mol. The van der Waals surface area contributed by atoms with E-state index in [2.05, 4.69) is 110 Å². The zero-order valence-corrected chi connectivity index (χ0v) is 23.1. The fourth-order valence-electron chi connectivity index (χ4n) is 5.88. The number of hydrogen-bond acceptors (Lipinski definition) is 2. The Balaban J connectivity index is 1.47. The van der Waals surface area contributed by atoms with Gasteiger partial charge < -0.3 is 10.2 Å². The van der Waals surface area contributed by atoms with Crippen LogP contribution < -0.4 is 10.2 Å². The summed E-state index contributed by atoms with van der Waals surface area (Å²) in [7, 11) is 0. The van der Waals surface area contributed by atoms with Gasteiger partial charge in [-0.3, -0.25) is 4.79 Å². The quantitative estimate of drug-likeness (QED) is 0.219. The Kier molecular flexibility index (Phi) is 8.12. The van der Waals surface area contributed by atoms with Crippen molar-refractivity contribution >= 4 is 44.9 Å². The van der Waals surface area contributed by atoms with Crippen LogP contribution in [-0.2, 0) is 11.2 Å². The van der Waals surface area contributed by atoms with Gasteiger partial charge in [0.15, 0.2) is 0 Å². The number of unbranched alkanes of at least 4 members (excludes halogenated alkanes) is 3. The molecule has 0 saturated heterocycles. The van der Waals surface area contributed by atoms with E-state index in [1.807, 2.05) is 0 Å². The summed E-state index contributed by atoms with van der Waals surface area (Å²) in [5, 5.41) is 8.34. The van der Waals surface area contributed by atoms with E-state index in [4.69, 9.17) is 0 Å². The third-order valence-electron chi connectivity index (χ3n) is 7.81. The van der Waals surface area contributed by atoms with Crippen LogP contribution in [-0.4, -0.2) is 19.0 Å². The van der Waals surface area contributed by atoms with Gasteiger partial charge in [-0.2, -0.15) is 0 Å². The zero-order valence-electron chi connectivity index (χ0n) is 23.1. The molecule has 4 aromatic rings. The van der Waals surface area contributed by atoms with Crippen molar-refractivity contribution < 1.29 is 4.79 Å². The smallest absolute Gasteiger partial charge is 0.220 e. The average Bonchev–Trinajstić information content (AvgIpc) is 2.94. The lowest BCUT2D eigenvalue weighted by Gasteiger charge is -2.31. The van der Waals surface area contributed by atoms with Crippen molar-refractivity contribution in [3.63, 3.8) is 0 Å². The molecule has 4 aromatic carbocycles. The van der Waals surface area contributed by atoms with Crippen LogP contribution in [0.5, 0.6) is 0 Å². The van der Waals surface area contributed by atoms with E-state index in [1.165, 1.54) is 62.5 Å². The van der Waals surface area contributed by atoms with Crippen molar-refractivity contribution in [2.75, 3.05) is 18.0 Å². The summed E-state index contributed by atoms with van der Waals surface area (Å²) in [5.41, 5.74) is 6.47. The van der Waals surface area contributed by atoms with Gasteiger partial charge in [0.05, 0.1) is 0 Å². The highest BCUT2D eigenvalue weighted by atomic mass is 16.1. The lowest BCUT2D eigenvalue weighted by atomic mass is 9.92. The molecule has 196 valence electrons. The first-order valence-electron chi connectivity index (χ1n) is 14.4. The summed E-state index contributed by atoms with van der Waals surface area (Å²) in [6.45, 7) is 8.27. The Morgan fingerprint density at radius 3 is 2.42 bits per heavy atom. The van der Waals surface area contributed by atoms with E-state index in [1.54, 1.807) is 0 Å². The molecule has 1 heterocycles. The monoisotopic (exact) mass is 504 g/mol. The predicted octanol–water partition coefficient (Wildman–Crippen LogP) is 8.91. The number of benzene rings is 4. The summed E-state index contributed by atoms with van der Waals surface area (Å²) < 4.78 is 0. The zero-order chi connectivity index (χ0) is 26.5. The van der Waals surface area contributed by atoms with Crippen molar-refractivity contribution in [3.8, 4) is 0 Å². The number of nitrogens with one attached hydrogen (secondary N) is 1. The summed E-state index contributed by atoms with van der Waals surface area (Å²) in [5.74, 6) is 0.621. The van der Waals surface area contributed by atoms with E-state index < -0.39 is 0 Å². The third kappa shape index (κ3) is 5.34. The molecule has 3 nitrogen and oxygen atoms in total. The molecule has 1 N–H and O–H groups in total. The van der Waals surface area contributed by atoms with Crippen LogP contribution in [0.4, 0.5) is 11.4 Å². The van der Waals surface area contributed by atoms with E-state index in [0.717, 1.165) is 25.8 Å². The van der Waals surface area contributed by atoms with Crippen LogP contribution in [0.1, 0.15) is 75.5 Å². The number of hydrogen-bond donors (Lipinski definition) is 1. The molecule has 0 unspecified atom stereocenters. The third-order valence-corrected chi connectivity index (χ3v) is 7.81. The second-order valence-electron chi connectivity index (χ2n) is 10.8. The molecule has 0 radical (unpaired) electrons. The molecule has 38 heavy (non-hydrogen) atoms. The lowest BCUT2D eigenvalue weighted by molar-refractivity contribution is -0.121. The minimum absolute atomic E-state index is 0.173. The molecule has 0 bridgehead atoms. The lowest BCUT2D eigenvalue weighted by Crippen LogP contribution is -2.25. The van der Waals surface area contributed by atoms with Crippen LogP contribution in [0, 0.1) is 0 Å². The fourth-order valence-corrected chi connectivity index (χ4v) is 5.88. The number of rotatable bonds is 10. The molecule has 0 atom stereocenters. The van der Waals surface area contributed by atoms with Crippen molar-refractivity contribution in [2.24, 2.45) is 0 Å². The normalized spacial score (nSPS) is 12.9. The van der Waals surface area contributed by atoms with Crippen LogP contribution in [0.25, 0.3) is 27.6 Å². The number of anilines is 2. The highest BCUT2D eigenvalue weighted by Gasteiger charge is 2.21. The van der Waals surface area contributed by atoms with Crippen molar-refractivity contribution in [1.82, 2.24) is 5.32 Å². The SMILES string of the molecule is CCCCCCC(=O)NCCc1cccc2ccc3c(c12)C=CCN3c1cccc2cccc(C(C)C)c12. The van der Waals surface area contributed by atoms with E-state index >= 15 is 0 Å². The number of nitrogens with zero attached hydrogens (tertiary/aromatic N) is 1. The highest BCUT2D eigenvalue weighted by molar-refractivity contribution is 6.04. The summed E-state index contributed by atoms with van der Waals surface area (Å²) in [6.07, 6.45) is 10.5. The van der Waals surface area contributed by atoms with Crippen molar-refractivity contribution in [2.45, 2.75) is 65.2 Å². The van der Waals surface area contributed by atoms with Gasteiger partial charge in [-0.1, -0.05) is 107 Å². The fraction of sp³-hybridized carbons (Fsp3) is 0.343. The molecular formula is C35H40N2O. The van der Waals surface area contributed by atoms with Gasteiger partial charge in [0.25, 0.3) is 0 Å². The van der Waals surface area contributed by atoms with Gasteiger partial charge in [-0.25, -0.2) is 0 Å². The number of carbonyl (C=O) groups excluding carboxylic acids is 1. The first kappa shape index (κ1) is 26.0. The summed E-state index contributed by atoms with van der Waals surface area (Å²) >= 11 is 0. The highest BCUT2D eigenvalue weighted by Crippen LogP contribution is 2.42. The van der Waals surface area contributed by atoms with Crippen molar-refractivity contribution in [1.29, 1.82) is 0 Å². The van der Waals surface area contributed by atoms with Gasteiger partial charge in [0, 0.05) is 41.8 Å². The molecule has 0 aliphatic carbocycles. The van der Waals surface area contributed by atoms with Gasteiger partial charge in [-0.05, 0) is 58.2 Å². The van der Waals surface area contributed by atoms with Gasteiger partial charge >= 0.3 is 0 Å². The standard InChI is InChI=1S/C35H40N2O/c1-4-5-6-7-19-33(38)36-23-22-28-13-8-12-27-20-21-31-30(34(27)28)17-11-24-37(31)32-18-10-15-26-14-9-16-29(25(2)3)35(26)32/h8-18,20-21,25H,4-7,19,22-24H2,1-3H3,(H,36,38). The number of amides is 1. The van der Waals surface area contributed by atoms with Crippen LogP contribution >= 0.6 is 0 Å². The maximum Gasteiger partial charge on any atom is 0.220 e. The molecule has 1 amide bonds. The summed E-state index contributed by atoms with van der Waals surface area (Å²) in [6, 6.07) is 24.4. The topological polar surface area (TPSA) is 32.3 Å². The molecular weight excluding hydrogens is 464 g/mol. The Hall–Kier alpha value is -3.59. The molecule has 3 heteroatoms. The molecule has 1 aliphatic heterocycles. The molecule has 5 rings (SSSR count). The minimum atomic E-state index is 0.173. The van der Waals surface area contributed by atoms with E-state index in [-0.39, 0.29) is 5.91 Å². The Labute approximate surface area is 227 Å². The van der Waals surface area contributed by atoms with Crippen molar-refractivity contribution in [3.05, 3.63) is 89.5 Å². The molecule has 1 aliphatic rings. The minimum Gasteiger partial charge on any atom is -0.356 e. The van der Waals surface area contributed by atoms with Gasteiger partial charge in [-0.15, -0.1) is 0 Å². The first-order valence-corrected chi connectivity index (χ1v) is 14.4. The summed E-state index contributed by atoms with van der Waals surface area (Å²) in [4.78, 5) is 14.8. The Morgan fingerprint density at radius 2 is 1.63 bits per heavy atom. The molecule has 0 saturated carbocycles. The van der Waals surface area contributed by atoms with Crippen LogP contribution in [0.15, 0.2) is 72.8 Å². The van der Waals surface area contributed by atoms with Crippen LogP contribution in [0.3, 0.4) is 0 Å². The maximum atomic E-state index is 12.3. The molecule has 0 spiro atoms. The Morgan fingerprint density at radius 1 is 0.868 bits per heavy atom. The van der Waals surface area contributed by atoms with Crippen LogP contribution in [0.2, 0.25) is 0 Å². The Bertz CT molecular complexity index is 1460.